The average molecular weight is 539 g/mol. The number of nitrogen functional groups attached to an aromatic ring is 1. The fraction of sp³-hybridized carbons (Fsp3) is 0.138. The molecule has 0 unspecified atom stereocenters. The lowest BCUT2D eigenvalue weighted by Crippen LogP contribution is -2.11. The van der Waals surface area contributed by atoms with Gasteiger partial charge in [-0.3, -0.25) is 5.41 Å². The van der Waals surface area contributed by atoms with E-state index in [2.05, 4.69) is 15.0 Å². The van der Waals surface area contributed by atoms with E-state index in [1.807, 2.05) is 36.6 Å². The van der Waals surface area contributed by atoms with Crippen LogP contribution in [0.4, 0.5) is 0 Å². The minimum absolute atomic E-state index is 0.0623. The molecule has 202 valence electrons. The molecular weight excluding hydrogens is 512 g/mol. The smallest absolute Gasteiger partial charge is 0.335 e. The Hall–Kier alpha value is -5.45. The van der Waals surface area contributed by atoms with Crippen molar-refractivity contribution in [3.05, 3.63) is 89.7 Å². The number of fused-ring (bicyclic) bond motifs is 1. The second-order valence-corrected chi connectivity index (χ2v) is 8.64. The Bertz CT molecular complexity index is 1720. The lowest BCUT2D eigenvalue weighted by Gasteiger charge is -2.14. The molecule has 5 aromatic rings. The van der Waals surface area contributed by atoms with E-state index in [-0.39, 0.29) is 34.8 Å². The zero-order valence-corrected chi connectivity index (χ0v) is 21.8. The molecule has 0 bridgehead atoms. The number of para-hydroxylation sites is 1. The van der Waals surface area contributed by atoms with Crippen LogP contribution >= 0.6 is 0 Å². The van der Waals surface area contributed by atoms with Gasteiger partial charge in [-0.1, -0.05) is 31.2 Å². The number of ether oxygens (including phenoxy) is 3. The summed E-state index contributed by atoms with van der Waals surface area (Å²) in [4.78, 5) is 25.3. The molecule has 0 aliphatic carbocycles. The van der Waals surface area contributed by atoms with E-state index >= 15 is 0 Å². The minimum Gasteiger partial charge on any atom is -0.478 e. The molecule has 0 saturated heterocycles. The number of carboxylic acids is 1. The molecule has 0 fully saturated rings. The van der Waals surface area contributed by atoms with E-state index in [1.165, 1.54) is 12.1 Å². The molecule has 0 saturated carbocycles. The first kappa shape index (κ1) is 26.2. The molecule has 11 heteroatoms. The number of imidazole rings is 1. The molecular formula is C29H26N6O5. The third-order valence-electron chi connectivity index (χ3n) is 5.98. The molecule has 0 aliphatic rings. The van der Waals surface area contributed by atoms with Crippen molar-refractivity contribution in [3.8, 4) is 34.9 Å². The molecule has 0 aliphatic heterocycles. The van der Waals surface area contributed by atoms with Crippen LogP contribution in [0.3, 0.4) is 0 Å². The highest BCUT2D eigenvalue weighted by Gasteiger charge is 2.21. The largest absolute Gasteiger partial charge is 0.478 e. The number of amidine groups is 1. The van der Waals surface area contributed by atoms with Crippen molar-refractivity contribution in [2.45, 2.75) is 26.8 Å². The maximum absolute atomic E-state index is 11.5. The van der Waals surface area contributed by atoms with Gasteiger partial charge in [0.1, 0.15) is 23.2 Å². The summed E-state index contributed by atoms with van der Waals surface area (Å²) in [5.41, 5.74) is 7.12. The Morgan fingerprint density at radius 3 is 2.35 bits per heavy atom. The van der Waals surface area contributed by atoms with E-state index in [0.717, 1.165) is 5.82 Å². The second kappa shape index (κ2) is 11.1. The molecule has 3 aromatic carbocycles. The zero-order valence-electron chi connectivity index (χ0n) is 21.8. The normalized spacial score (nSPS) is 10.8. The summed E-state index contributed by atoms with van der Waals surface area (Å²) >= 11 is 0. The van der Waals surface area contributed by atoms with E-state index in [0.29, 0.717) is 41.2 Å². The highest BCUT2D eigenvalue weighted by molar-refractivity contribution is 5.95. The van der Waals surface area contributed by atoms with Gasteiger partial charge in [-0.15, -0.1) is 0 Å². The third kappa shape index (κ3) is 5.39. The second-order valence-electron chi connectivity index (χ2n) is 8.64. The van der Waals surface area contributed by atoms with Crippen LogP contribution in [0.15, 0.2) is 72.8 Å². The van der Waals surface area contributed by atoms with Crippen molar-refractivity contribution in [3.63, 3.8) is 0 Å². The number of nitrogens with zero attached hydrogens (tertiary/aromatic N) is 4. The Balaban J connectivity index is 1.61. The van der Waals surface area contributed by atoms with Crippen LogP contribution in [0.25, 0.3) is 11.2 Å². The number of nitrogens with one attached hydrogen (secondary N) is 1. The lowest BCUT2D eigenvalue weighted by atomic mass is 10.2. The number of carboxylic acid groups (broad SMARTS) is 1. The van der Waals surface area contributed by atoms with Gasteiger partial charge in [0.2, 0.25) is 0 Å². The molecule has 2 heterocycles. The number of aromatic nitrogens is 4. The number of hydrogen-bond acceptors (Lipinski definition) is 8. The number of nitrogens with two attached hydrogens (primary N) is 1. The van der Waals surface area contributed by atoms with E-state index < -0.39 is 5.97 Å². The molecule has 5 rings (SSSR count). The standard InChI is InChI=1S/C29H26N6O5/c1-3-23-32-24-26(35(23)4-2)33-29(34-27(24)39-20-12-8-9-18(15-20)28(36)37)40-22-16-17(25(30)31)13-14-21(22)38-19-10-6-5-7-11-19/h5-16H,3-4H2,1-2H3,(H3,30,31)(H,36,37). The summed E-state index contributed by atoms with van der Waals surface area (Å²) in [6.45, 7) is 4.55. The highest BCUT2D eigenvalue weighted by atomic mass is 16.5. The number of benzene rings is 3. The Morgan fingerprint density at radius 1 is 0.875 bits per heavy atom. The summed E-state index contributed by atoms with van der Waals surface area (Å²) in [5.74, 6) is 1.08. The van der Waals surface area contributed by atoms with Crippen molar-refractivity contribution in [1.29, 1.82) is 5.41 Å². The van der Waals surface area contributed by atoms with Crippen LogP contribution < -0.4 is 19.9 Å². The van der Waals surface area contributed by atoms with Gasteiger partial charge in [0.15, 0.2) is 22.7 Å². The molecule has 11 nitrogen and oxygen atoms in total. The third-order valence-corrected chi connectivity index (χ3v) is 5.98. The van der Waals surface area contributed by atoms with Crippen molar-refractivity contribution >= 4 is 23.0 Å². The maximum atomic E-state index is 11.5. The predicted molar refractivity (Wildman–Crippen MR) is 148 cm³/mol. The van der Waals surface area contributed by atoms with E-state index in [9.17, 15) is 9.90 Å². The Labute approximate surface area is 229 Å². The number of hydrogen-bond donors (Lipinski definition) is 3. The van der Waals surface area contributed by atoms with Gasteiger partial charge in [-0.2, -0.15) is 9.97 Å². The van der Waals surface area contributed by atoms with Gasteiger partial charge in [-0.25, -0.2) is 9.78 Å². The van der Waals surface area contributed by atoms with Crippen LogP contribution in [-0.4, -0.2) is 36.4 Å². The first-order valence-electron chi connectivity index (χ1n) is 12.5. The molecule has 0 spiro atoms. The summed E-state index contributed by atoms with van der Waals surface area (Å²) < 4.78 is 20.2. The molecule has 40 heavy (non-hydrogen) atoms. The summed E-state index contributed by atoms with van der Waals surface area (Å²) in [5, 5.41) is 17.3. The first-order chi connectivity index (χ1) is 19.4. The van der Waals surface area contributed by atoms with Crippen LogP contribution in [-0.2, 0) is 13.0 Å². The van der Waals surface area contributed by atoms with Crippen molar-refractivity contribution in [2.24, 2.45) is 5.73 Å². The fourth-order valence-electron chi connectivity index (χ4n) is 4.08. The van der Waals surface area contributed by atoms with Gasteiger partial charge in [0.25, 0.3) is 5.88 Å². The van der Waals surface area contributed by atoms with Crippen LogP contribution in [0, 0.1) is 5.41 Å². The van der Waals surface area contributed by atoms with Crippen molar-refractivity contribution in [2.75, 3.05) is 0 Å². The summed E-state index contributed by atoms with van der Waals surface area (Å²) in [6, 6.07) is 20.1. The van der Waals surface area contributed by atoms with Gasteiger partial charge in [-0.05, 0) is 55.5 Å². The number of carbonyl (C=O) groups is 1. The fourth-order valence-corrected chi connectivity index (χ4v) is 4.08. The monoisotopic (exact) mass is 538 g/mol. The van der Waals surface area contributed by atoms with Crippen molar-refractivity contribution < 1.29 is 24.1 Å². The van der Waals surface area contributed by atoms with Crippen LogP contribution in [0.1, 0.15) is 35.6 Å². The first-order valence-corrected chi connectivity index (χ1v) is 12.5. The van der Waals surface area contributed by atoms with Gasteiger partial charge in [0, 0.05) is 18.5 Å². The molecule has 4 N–H and O–H groups in total. The highest BCUT2D eigenvalue weighted by Crippen LogP contribution is 2.37. The SMILES string of the molecule is CCc1nc2c(Oc3cccc(C(=O)O)c3)nc(Oc3cc(C(=N)N)ccc3Oc3ccccc3)nc2n1CC. The number of aromatic carboxylic acids is 1. The molecule has 2 aromatic heterocycles. The maximum Gasteiger partial charge on any atom is 0.335 e. The number of rotatable bonds is 10. The van der Waals surface area contributed by atoms with Gasteiger partial charge >= 0.3 is 12.0 Å². The van der Waals surface area contributed by atoms with Gasteiger partial charge < -0.3 is 29.6 Å². The molecule has 0 radical (unpaired) electrons. The molecule has 0 atom stereocenters. The Morgan fingerprint density at radius 2 is 1.65 bits per heavy atom. The zero-order chi connectivity index (χ0) is 28.2. The van der Waals surface area contributed by atoms with Crippen LogP contribution in [0.5, 0.6) is 34.9 Å². The quantitative estimate of drug-likeness (QED) is 0.148. The predicted octanol–water partition coefficient (Wildman–Crippen LogP) is 5.77. The number of aryl methyl sites for hydroxylation is 2. The average Bonchev–Trinajstić information content (AvgIpc) is 3.32. The minimum atomic E-state index is -1.08. The summed E-state index contributed by atoms with van der Waals surface area (Å²) in [6.07, 6.45) is 0.643. The topological polar surface area (TPSA) is 158 Å². The van der Waals surface area contributed by atoms with Crippen molar-refractivity contribution in [1.82, 2.24) is 19.5 Å². The Kier molecular flexibility index (Phi) is 7.27. The van der Waals surface area contributed by atoms with Gasteiger partial charge in [0.05, 0.1) is 5.56 Å². The molecule has 0 amide bonds. The van der Waals surface area contributed by atoms with E-state index in [1.54, 1.807) is 42.5 Å². The van der Waals surface area contributed by atoms with Crippen LogP contribution in [0.2, 0.25) is 0 Å². The summed E-state index contributed by atoms with van der Waals surface area (Å²) in [7, 11) is 0. The van der Waals surface area contributed by atoms with E-state index in [4.69, 9.17) is 25.4 Å². The lowest BCUT2D eigenvalue weighted by molar-refractivity contribution is 0.0696.